The fourth-order valence-corrected chi connectivity index (χ4v) is 11.2. The number of rotatable bonds is 5. The Balaban J connectivity index is 0.948. The van der Waals surface area contributed by atoms with E-state index in [-0.39, 0.29) is 11.3 Å². The Bertz CT molecular complexity index is 2710. The molecule has 11 rings (SSSR count). The van der Waals surface area contributed by atoms with Crippen molar-refractivity contribution in [2.24, 2.45) is 0 Å². The highest BCUT2D eigenvalue weighted by Crippen LogP contribution is 2.64. The fourth-order valence-electron chi connectivity index (χ4n) is 9.86. The Labute approximate surface area is 339 Å². The van der Waals surface area contributed by atoms with Gasteiger partial charge in [0, 0.05) is 27.2 Å². The molecule has 4 heteroatoms. The third kappa shape index (κ3) is 5.61. The standard InChI is InChI=1S/C53H41N3S/c1-34-24-25-40(52-55-50(37-14-4-2-5-15-37)54-51(56-52)38-16-6-3-7-17-38)32-43(34)36-28-26-35(27-29-36)39-30-31-49-47(33-39)53(46-22-12-13-23-48(46)57-49)44-20-10-8-18-41(44)42-19-9-11-21-45(42)53/h2-10,12-20,22,24-31,33,43,48H,11,21,23,32H2,1H3. The van der Waals surface area contributed by atoms with Crippen molar-refractivity contribution in [3.05, 3.63) is 215 Å². The van der Waals surface area contributed by atoms with Crippen LogP contribution in [0.5, 0.6) is 0 Å². The molecule has 1 aliphatic heterocycles. The highest BCUT2D eigenvalue weighted by atomic mass is 32.2. The first-order chi connectivity index (χ1) is 28.1. The van der Waals surface area contributed by atoms with Crippen LogP contribution in [-0.4, -0.2) is 20.2 Å². The predicted octanol–water partition coefficient (Wildman–Crippen LogP) is 13.2. The number of thioether (sulfide) groups is 1. The second-order valence-electron chi connectivity index (χ2n) is 15.8. The van der Waals surface area contributed by atoms with Gasteiger partial charge >= 0.3 is 0 Å². The molecule has 6 aromatic rings. The molecule has 0 bridgehead atoms. The molecule has 0 saturated heterocycles. The lowest BCUT2D eigenvalue weighted by Crippen LogP contribution is -2.39. The van der Waals surface area contributed by atoms with Gasteiger partial charge in [0.1, 0.15) is 0 Å². The van der Waals surface area contributed by atoms with Gasteiger partial charge in [0.15, 0.2) is 17.5 Å². The number of fused-ring (bicyclic) bond motifs is 8. The molecule has 0 N–H and O–H groups in total. The lowest BCUT2D eigenvalue weighted by Gasteiger charge is -2.46. The first kappa shape index (κ1) is 34.2. The van der Waals surface area contributed by atoms with Crippen LogP contribution < -0.4 is 0 Å². The molecule has 0 saturated carbocycles. The zero-order valence-corrected chi connectivity index (χ0v) is 32.7. The Morgan fingerprint density at radius 3 is 2.11 bits per heavy atom. The average molecular weight is 752 g/mol. The minimum atomic E-state index is -0.231. The van der Waals surface area contributed by atoms with E-state index >= 15 is 0 Å². The van der Waals surface area contributed by atoms with Crippen molar-refractivity contribution in [3.63, 3.8) is 0 Å². The van der Waals surface area contributed by atoms with Crippen molar-refractivity contribution in [3.8, 4) is 33.9 Å². The molecule has 274 valence electrons. The minimum Gasteiger partial charge on any atom is -0.209 e. The molecule has 3 unspecified atom stereocenters. The van der Waals surface area contributed by atoms with Crippen LogP contribution in [0, 0.1) is 0 Å². The van der Waals surface area contributed by atoms with Crippen LogP contribution in [0.25, 0.3) is 45.0 Å². The molecule has 3 atom stereocenters. The van der Waals surface area contributed by atoms with Gasteiger partial charge < -0.3 is 0 Å². The van der Waals surface area contributed by atoms with Gasteiger partial charge in [0.05, 0.1) is 5.41 Å². The van der Waals surface area contributed by atoms with Crippen LogP contribution in [0.4, 0.5) is 0 Å². The number of allylic oxidation sites excluding steroid dienone is 11. The summed E-state index contributed by atoms with van der Waals surface area (Å²) >= 11 is 2.05. The highest BCUT2D eigenvalue weighted by molar-refractivity contribution is 8.00. The van der Waals surface area contributed by atoms with Gasteiger partial charge in [0.2, 0.25) is 0 Å². The topological polar surface area (TPSA) is 38.7 Å². The van der Waals surface area contributed by atoms with Crippen LogP contribution in [-0.2, 0) is 5.41 Å². The number of nitrogens with zero attached hydrogens (tertiary/aromatic N) is 3. The number of hydrogen-bond donors (Lipinski definition) is 0. The summed E-state index contributed by atoms with van der Waals surface area (Å²) in [6.45, 7) is 2.25. The molecule has 5 aromatic carbocycles. The van der Waals surface area contributed by atoms with E-state index in [9.17, 15) is 0 Å². The number of benzene rings is 5. The molecule has 1 spiro atoms. The Hall–Kier alpha value is -6.10. The van der Waals surface area contributed by atoms with Crippen LogP contribution in [0.3, 0.4) is 0 Å². The average Bonchev–Trinajstić information content (AvgIpc) is 3.57. The maximum absolute atomic E-state index is 5.05. The molecule has 2 heterocycles. The lowest BCUT2D eigenvalue weighted by molar-refractivity contribution is 0.629. The van der Waals surface area contributed by atoms with Crippen molar-refractivity contribution in [1.29, 1.82) is 0 Å². The Kier molecular flexibility index (Phi) is 8.29. The third-order valence-electron chi connectivity index (χ3n) is 12.6. The molecule has 4 aliphatic carbocycles. The van der Waals surface area contributed by atoms with Gasteiger partial charge in [-0.3, -0.25) is 0 Å². The van der Waals surface area contributed by atoms with E-state index in [0.717, 1.165) is 48.2 Å². The van der Waals surface area contributed by atoms with E-state index in [1.54, 1.807) is 11.1 Å². The molecule has 0 fully saturated rings. The Morgan fingerprint density at radius 2 is 1.33 bits per heavy atom. The first-order valence-electron chi connectivity index (χ1n) is 20.2. The summed E-state index contributed by atoms with van der Waals surface area (Å²) in [5.74, 6) is 2.35. The molecule has 57 heavy (non-hydrogen) atoms. The van der Waals surface area contributed by atoms with E-state index in [1.165, 1.54) is 49.4 Å². The molecule has 0 amide bonds. The van der Waals surface area contributed by atoms with Crippen molar-refractivity contribution < 1.29 is 0 Å². The van der Waals surface area contributed by atoms with E-state index in [4.69, 9.17) is 15.0 Å². The summed E-state index contributed by atoms with van der Waals surface area (Å²) in [6.07, 6.45) is 20.4. The summed E-state index contributed by atoms with van der Waals surface area (Å²) < 4.78 is 0. The Morgan fingerprint density at radius 1 is 0.632 bits per heavy atom. The van der Waals surface area contributed by atoms with Gasteiger partial charge in [-0.15, -0.1) is 11.8 Å². The zero-order chi connectivity index (χ0) is 37.9. The normalized spacial score (nSPS) is 21.6. The summed E-state index contributed by atoms with van der Waals surface area (Å²) in [4.78, 5) is 16.4. The molecular formula is C53H41N3S. The van der Waals surface area contributed by atoms with E-state index < -0.39 is 0 Å². The van der Waals surface area contributed by atoms with Crippen molar-refractivity contribution in [2.45, 2.75) is 54.1 Å². The van der Waals surface area contributed by atoms with Crippen LogP contribution in [0.1, 0.15) is 66.6 Å². The van der Waals surface area contributed by atoms with Gasteiger partial charge in [-0.1, -0.05) is 163 Å². The highest BCUT2D eigenvalue weighted by Gasteiger charge is 2.53. The molecule has 3 nitrogen and oxygen atoms in total. The minimum absolute atomic E-state index is 0.224. The summed E-state index contributed by atoms with van der Waals surface area (Å²) in [5, 5.41) is 0.441. The van der Waals surface area contributed by atoms with Crippen molar-refractivity contribution in [2.75, 3.05) is 0 Å². The van der Waals surface area contributed by atoms with Crippen molar-refractivity contribution >= 4 is 22.9 Å². The van der Waals surface area contributed by atoms with Crippen LogP contribution in [0.2, 0.25) is 0 Å². The van der Waals surface area contributed by atoms with Gasteiger partial charge in [-0.25, -0.2) is 15.0 Å². The van der Waals surface area contributed by atoms with E-state index in [1.807, 2.05) is 36.4 Å². The zero-order valence-electron chi connectivity index (χ0n) is 31.9. The summed E-state index contributed by atoms with van der Waals surface area (Å²) in [5.41, 5.74) is 16.9. The monoisotopic (exact) mass is 751 g/mol. The fraction of sp³-hybridized carbons (Fsp3) is 0.151. The molecular weight excluding hydrogens is 711 g/mol. The first-order valence-corrected chi connectivity index (χ1v) is 21.1. The molecule has 1 aromatic heterocycles. The summed E-state index contributed by atoms with van der Waals surface area (Å²) in [7, 11) is 0. The summed E-state index contributed by atoms with van der Waals surface area (Å²) in [6, 6.07) is 46.3. The largest absolute Gasteiger partial charge is 0.209 e. The van der Waals surface area contributed by atoms with Crippen molar-refractivity contribution in [1.82, 2.24) is 15.0 Å². The van der Waals surface area contributed by atoms with Gasteiger partial charge in [0.25, 0.3) is 0 Å². The van der Waals surface area contributed by atoms with E-state index in [0.29, 0.717) is 16.9 Å². The number of hydrogen-bond acceptors (Lipinski definition) is 4. The second kappa shape index (κ2) is 13.8. The lowest BCUT2D eigenvalue weighted by atomic mass is 9.62. The third-order valence-corrected chi connectivity index (χ3v) is 13.9. The van der Waals surface area contributed by atoms with Gasteiger partial charge in [-0.05, 0) is 100 Å². The van der Waals surface area contributed by atoms with E-state index in [2.05, 4.69) is 152 Å². The molecule has 5 aliphatic rings. The van der Waals surface area contributed by atoms with Gasteiger partial charge in [-0.2, -0.15) is 0 Å². The van der Waals surface area contributed by atoms with Crippen LogP contribution in [0.15, 0.2) is 192 Å². The van der Waals surface area contributed by atoms with Crippen LogP contribution >= 0.6 is 11.8 Å². The smallest absolute Gasteiger partial charge is 0.164 e. The maximum atomic E-state index is 5.05. The number of aromatic nitrogens is 3. The predicted molar refractivity (Wildman–Crippen MR) is 236 cm³/mol. The SMILES string of the molecule is CC1=CC=C(c2nc(-c3ccccc3)nc(-c3ccccc3)n2)CC1c1ccc(-c2ccc3c(c2)C2(C4=CC=CCC4S3)C3=C(C=CCC3)c3ccccc32)cc1. The second-order valence-corrected chi connectivity index (χ2v) is 17.0. The molecule has 0 radical (unpaired) electrons. The maximum Gasteiger partial charge on any atom is 0.164 e. The quantitative estimate of drug-likeness (QED) is 0.176.